The number of piperazine rings is 1. The lowest BCUT2D eigenvalue weighted by molar-refractivity contribution is -0.189. The quantitative estimate of drug-likeness (QED) is 0.184. The fraction of sp³-hybridized carbons (Fsp3) is 0.243. The summed E-state index contributed by atoms with van der Waals surface area (Å²) in [6, 6.07) is 28.9. The van der Waals surface area contributed by atoms with Crippen LogP contribution in [0.3, 0.4) is 0 Å². The molecule has 2 N–H and O–H groups in total. The number of aromatic nitrogens is 1. The number of hydrogen-bond acceptors (Lipinski definition) is 7. The molecule has 0 aliphatic carbocycles. The van der Waals surface area contributed by atoms with Crippen molar-refractivity contribution < 1.29 is 19.5 Å². The molecule has 4 aromatic rings. The molecule has 11 heteroatoms. The number of nitrogens with zero attached hydrogens (tertiary/aromatic N) is 5. The lowest BCUT2D eigenvalue weighted by Gasteiger charge is -2.55. The lowest BCUT2D eigenvalue weighted by Crippen LogP contribution is -2.76. The highest BCUT2D eigenvalue weighted by molar-refractivity contribution is 7.98. The SMILES string of the molecule is C=CCN1CC(=O)N2[C@@H](Cc3ccc(O)cc3)C(=O)N(Cc3cccc(-c4ccc(SC)cc4)n3)C[C@@H]2N1C(=O)NCc1ccccc1. The van der Waals surface area contributed by atoms with Crippen LogP contribution in [0.15, 0.2) is 115 Å². The van der Waals surface area contributed by atoms with Crippen LogP contribution in [0.4, 0.5) is 4.79 Å². The highest BCUT2D eigenvalue weighted by Gasteiger charge is 2.51. The van der Waals surface area contributed by atoms with Gasteiger partial charge in [0.25, 0.3) is 0 Å². The van der Waals surface area contributed by atoms with Gasteiger partial charge in [-0.2, -0.15) is 0 Å². The van der Waals surface area contributed by atoms with E-state index in [2.05, 4.69) is 24.0 Å². The van der Waals surface area contributed by atoms with Crippen molar-refractivity contribution in [2.45, 2.75) is 36.6 Å². The molecule has 2 saturated heterocycles. The van der Waals surface area contributed by atoms with Gasteiger partial charge in [0, 0.05) is 30.0 Å². The Labute approximate surface area is 284 Å². The van der Waals surface area contributed by atoms with Crippen LogP contribution in [0.1, 0.15) is 16.8 Å². The van der Waals surface area contributed by atoms with Gasteiger partial charge in [-0.3, -0.25) is 14.6 Å². The number of pyridine rings is 1. The molecule has 48 heavy (non-hydrogen) atoms. The van der Waals surface area contributed by atoms with E-state index < -0.39 is 12.2 Å². The minimum atomic E-state index is -0.877. The summed E-state index contributed by atoms with van der Waals surface area (Å²) in [7, 11) is 0. The lowest BCUT2D eigenvalue weighted by atomic mass is 9.98. The van der Waals surface area contributed by atoms with Gasteiger partial charge < -0.3 is 20.2 Å². The molecule has 246 valence electrons. The van der Waals surface area contributed by atoms with E-state index in [1.165, 1.54) is 0 Å². The number of fused-ring (bicyclic) bond motifs is 1. The van der Waals surface area contributed by atoms with Gasteiger partial charge in [0.1, 0.15) is 18.0 Å². The van der Waals surface area contributed by atoms with Crippen LogP contribution in [0.2, 0.25) is 0 Å². The monoisotopic (exact) mass is 662 g/mol. The summed E-state index contributed by atoms with van der Waals surface area (Å²) in [6.07, 6.45) is 3.13. The summed E-state index contributed by atoms with van der Waals surface area (Å²) >= 11 is 1.67. The molecule has 0 radical (unpaired) electrons. The predicted octanol–water partition coefficient (Wildman–Crippen LogP) is 4.91. The average molecular weight is 663 g/mol. The zero-order valence-corrected chi connectivity index (χ0v) is 27.6. The average Bonchev–Trinajstić information content (AvgIpc) is 3.10. The van der Waals surface area contributed by atoms with Crippen molar-refractivity contribution in [1.29, 1.82) is 0 Å². The molecule has 2 aliphatic heterocycles. The predicted molar refractivity (Wildman–Crippen MR) is 185 cm³/mol. The third-order valence-corrected chi connectivity index (χ3v) is 9.32. The summed E-state index contributed by atoms with van der Waals surface area (Å²) in [6.45, 7) is 4.63. The van der Waals surface area contributed by atoms with E-state index >= 15 is 0 Å². The van der Waals surface area contributed by atoms with Crippen LogP contribution in [0, 0.1) is 0 Å². The van der Waals surface area contributed by atoms with Gasteiger partial charge in [-0.1, -0.05) is 66.7 Å². The Morgan fingerprint density at radius 3 is 2.44 bits per heavy atom. The number of thioether (sulfide) groups is 1. The standard InChI is InChI=1S/C37H38N6O4S/c1-3-20-41-25-35(45)42-33(21-26-12-16-30(44)17-13-26)36(46)40(24-34(42)43(41)37(47)38-22-27-8-5-4-6-9-27)23-29-10-7-11-32(39-29)28-14-18-31(48-2)19-15-28/h3-19,33-34,44H,1,20-25H2,2H3,(H,38,47)/t33-,34-/m0/s1. The molecule has 2 aliphatic rings. The van der Waals surface area contributed by atoms with Gasteiger partial charge in [-0.05, 0) is 53.8 Å². The number of hydrogen-bond donors (Lipinski definition) is 2. The maximum absolute atomic E-state index is 14.3. The van der Waals surface area contributed by atoms with Crippen molar-refractivity contribution in [3.8, 4) is 17.0 Å². The fourth-order valence-corrected chi connectivity index (χ4v) is 6.65. The Morgan fingerprint density at radius 2 is 1.73 bits per heavy atom. The first-order valence-corrected chi connectivity index (χ1v) is 17.0. The fourth-order valence-electron chi connectivity index (χ4n) is 6.24. The van der Waals surface area contributed by atoms with Crippen molar-refractivity contribution in [3.63, 3.8) is 0 Å². The normalized spacial score (nSPS) is 18.1. The van der Waals surface area contributed by atoms with E-state index in [0.717, 1.165) is 27.3 Å². The number of carbonyl (C=O) groups is 3. The van der Waals surface area contributed by atoms with Crippen molar-refractivity contribution in [2.75, 3.05) is 25.9 Å². The number of hydrazine groups is 1. The topological polar surface area (TPSA) is 109 Å². The largest absolute Gasteiger partial charge is 0.508 e. The number of rotatable bonds is 10. The molecule has 0 spiro atoms. The van der Waals surface area contributed by atoms with E-state index in [1.807, 2.05) is 66.9 Å². The number of nitrogens with one attached hydrogen (secondary N) is 1. The van der Waals surface area contributed by atoms with Crippen molar-refractivity contribution in [3.05, 3.63) is 127 Å². The van der Waals surface area contributed by atoms with Gasteiger partial charge >= 0.3 is 6.03 Å². The second kappa shape index (κ2) is 14.7. The zero-order chi connectivity index (χ0) is 33.6. The van der Waals surface area contributed by atoms with Gasteiger partial charge in [-0.25, -0.2) is 14.8 Å². The van der Waals surface area contributed by atoms with Gasteiger partial charge in [0.05, 0.1) is 31.0 Å². The van der Waals surface area contributed by atoms with E-state index in [9.17, 15) is 19.5 Å². The third kappa shape index (κ3) is 7.22. The van der Waals surface area contributed by atoms with Gasteiger partial charge in [0.15, 0.2) is 0 Å². The second-order valence-electron chi connectivity index (χ2n) is 11.8. The summed E-state index contributed by atoms with van der Waals surface area (Å²) in [5, 5.41) is 16.1. The summed E-state index contributed by atoms with van der Waals surface area (Å²) in [5.74, 6) is -0.372. The van der Waals surface area contributed by atoms with Crippen LogP contribution < -0.4 is 5.32 Å². The minimum absolute atomic E-state index is 0.0838. The summed E-state index contributed by atoms with van der Waals surface area (Å²) in [4.78, 5) is 51.4. The molecule has 0 bridgehead atoms. The molecular weight excluding hydrogens is 625 g/mol. The minimum Gasteiger partial charge on any atom is -0.508 e. The maximum Gasteiger partial charge on any atom is 0.334 e. The Morgan fingerprint density at radius 1 is 0.979 bits per heavy atom. The van der Waals surface area contributed by atoms with E-state index in [1.54, 1.807) is 61.9 Å². The molecule has 3 heterocycles. The van der Waals surface area contributed by atoms with Gasteiger partial charge in [-0.15, -0.1) is 18.3 Å². The number of carbonyl (C=O) groups excluding carboxylic acids is 3. The first-order chi connectivity index (χ1) is 23.3. The molecular formula is C37H38N6O4S. The molecule has 0 saturated carbocycles. The molecule has 6 rings (SSSR count). The van der Waals surface area contributed by atoms with Crippen molar-refractivity contribution in [1.82, 2.24) is 30.1 Å². The molecule has 2 fully saturated rings. The number of phenols is 1. The van der Waals surface area contributed by atoms with Crippen LogP contribution in [0.5, 0.6) is 5.75 Å². The number of phenolic OH excluding ortho intramolecular Hbond substituents is 1. The molecule has 2 atom stereocenters. The number of benzene rings is 3. The van der Waals surface area contributed by atoms with Crippen LogP contribution in [-0.4, -0.2) is 85.9 Å². The Bertz CT molecular complexity index is 1770. The smallest absolute Gasteiger partial charge is 0.334 e. The number of urea groups is 1. The maximum atomic E-state index is 14.3. The van der Waals surface area contributed by atoms with E-state index in [-0.39, 0.29) is 56.2 Å². The van der Waals surface area contributed by atoms with E-state index in [4.69, 9.17) is 4.98 Å². The molecule has 10 nitrogen and oxygen atoms in total. The van der Waals surface area contributed by atoms with Crippen LogP contribution in [-0.2, 0) is 29.1 Å². The third-order valence-electron chi connectivity index (χ3n) is 8.58. The van der Waals surface area contributed by atoms with E-state index in [0.29, 0.717) is 12.2 Å². The Kier molecular flexibility index (Phi) is 10.1. The highest BCUT2D eigenvalue weighted by Crippen LogP contribution is 2.30. The second-order valence-corrected chi connectivity index (χ2v) is 12.6. The summed E-state index contributed by atoms with van der Waals surface area (Å²) < 4.78 is 0. The van der Waals surface area contributed by atoms with Crippen LogP contribution >= 0.6 is 11.8 Å². The molecule has 3 aromatic carbocycles. The molecule has 0 unspecified atom stereocenters. The molecule has 4 amide bonds. The molecule has 1 aromatic heterocycles. The van der Waals surface area contributed by atoms with Crippen LogP contribution in [0.25, 0.3) is 11.3 Å². The Hall–Kier alpha value is -5.13. The highest BCUT2D eigenvalue weighted by atomic mass is 32.2. The first-order valence-electron chi connectivity index (χ1n) is 15.8. The van der Waals surface area contributed by atoms with Gasteiger partial charge in [0.2, 0.25) is 11.8 Å². The Balaban J connectivity index is 1.33. The van der Waals surface area contributed by atoms with Crippen molar-refractivity contribution >= 4 is 29.6 Å². The number of amides is 4. The number of aromatic hydroxyl groups is 1. The van der Waals surface area contributed by atoms with Crippen molar-refractivity contribution in [2.24, 2.45) is 0 Å². The first kappa shape index (κ1) is 32.8. The summed E-state index contributed by atoms with van der Waals surface area (Å²) in [5.41, 5.74) is 4.17. The zero-order valence-electron chi connectivity index (χ0n) is 26.7.